The van der Waals surface area contributed by atoms with Crippen LogP contribution in [0.25, 0.3) is 0 Å². The summed E-state index contributed by atoms with van der Waals surface area (Å²) in [5.74, 6) is 0.500. The standard InChI is InChI=1S/C23H30N2O2/c1-23(2,3)25(22(26)27)16-19-10-7-11-20(14-19)21-12-13-24(17-21)15-18-8-5-4-6-9-18/h4-11,14,21H,12-13,15-17H2,1-3H3,(H,26,27)/p-1. The first-order chi connectivity index (χ1) is 12.8. The zero-order valence-electron chi connectivity index (χ0n) is 16.5. The summed E-state index contributed by atoms with van der Waals surface area (Å²) in [6.45, 7) is 9.17. The summed E-state index contributed by atoms with van der Waals surface area (Å²) in [7, 11) is 0. The highest BCUT2D eigenvalue weighted by atomic mass is 16.4. The second kappa shape index (κ2) is 8.13. The van der Waals surface area contributed by atoms with Gasteiger partial charge in [0, 0.05) is 25.2 Å². The van der Waals surface area contributed by atoms with Gasteiger partial charge in [0.15, 0.2) is 0 Å². The van der Waals surface area contributed by atoms with Crippen molar-refractivity contribution in [3.63, 3.8) is 0 Å². The van der Waals surface area contributed by atoms with Crippen LogP contribution >= 0.6 is 0 Å². The van der Waals surface area contributed by atoms with Crippen LogP contribution in [0.15, 0.2) is 54.6 Å². The van der Waals surface area contributed by atoms with Crippen LogP contribution in [-0.4, -0.2) is 34.5 Å². The van der Waals surface area contributed by atoms with E-state index in [0.29, 0.717) is 12.5 Å². The van der Waals surface area contributed by atoms with E-state index in [2.05, 4.69) is 47.4 Å². The average Bonchev–Trinajstić information content (AvgIpc) is 3.08. The van der Waals surface area contributed by atoms with E-state index in [-0.39, 0.29) is 0 Å². The molecule has 0 aromatic heterocycles. The Balaban J connectivity index is 1.66. The lowest BCUT2D eigenvalue weighted by molar-refractivity contribution is -0.271. The molecular weight excluding hydrogens is 336 g/mol. The minimum absolute atomic E-state index is 0.361. The average molecular weight is 365 g/mol. The zero-order valence-corrected chi connectivity index (χ0v) is 16.5. The molecule has 0 N–H and O–H groups in total. The van der Waals surface area contributed by atoms with E-state index < -0.39 is 11.6 Å². The number of rotatable bonds is 5. The van der Waals surface area contributed by atoms with Crippen LogP contribution in [0.5, 0.6) is 0 Å². The van der Waals surface area contributed by atoms with Gasteiger partial charge in [-0.25, -0.2) is 0 Å². The smallest absolute Gasteiger partial charge is 0.137 e. The number of carbonyl (C=O) groups is 1. The number of hydrogen-bond acceptors (Lipinski definition) is 3. The van der Waals surface area contributed by atoms with E-state index >= 15 is 0 Å². The minimum Gasteiger partial charge on any atom is -0.530 e. The maximum atomic E-state index is 11.5. The van der Waals surface area contributed by atoms with Gasteiger partial charge < -0.3 is 14.8 Å². The van der Waals surface area contributed by atoms with E-state index in [4.69, 9.17) is 0 Å². The third kappa shape index (κ3) is 5.10. The predicted molar refractivity (Wildman–Crippen MR) is 106 cm³/mol. The van der Waals surface area contributed by atoms with Gasteiger partial charge >= 0.3 is 0 Å². The lowest BCUT2D eigenvalue weighted by Gasteiger charge is -2.38. The molecule has 0 radical (unpaired) electrons. The van der Waals surface area contributed by atoms with Crippen molar-refractivity contribution in [2.45, 2.75) is 51.7 Å². The summed E-state index contributed by atoms with van der Waals surface area (Å²) in [6.07, 6.45) is 0.0162. The third-order valence-corrected chi connectivity index (χ3v) is 5.31. The molecule has 4 nitrogen and oxygen atoms in total. The van der Waals surface area contributed by atoms with E-state index in [1.54, 1.807) is 0 Å². The number of benzene rings is 2. The Kier molecular flexibility index (Phi) is 5.85. The molecule has 1 aliphatic heterocycles. The monoisotopic (exact) mass is 365 g/mol. The first-order valence-electron chi connectivity index (χ1n) is 9.66. The Morgan fingerprint density at radius 1 is 1.11 bits per heavy atom. The molecule has 1 unspecified atom stereocenters. The quantitative estimate of drug-likeness (QED) is 0.813. The van der Waals surface area contributed by atoms with Crippen molar-refractivity contribution in [1.82, 2.24) is 9.80 Å². The van der Waals surface area contributed by atoms with Crippen molar-refractivity contribution in [3.8, 4) is 0 Å². The molecule has 1 saturated heterocycles. The van der Waals surface area contributed by atoms with Gasteiger partial charge in [0.1, 0.15) is 6.09 Å². The van der Waals surface area contributed by atoms with E-state index in [1.807, 2.05) is 32.9 Å². The fourth-order valence-electron chi connectivity index (χ4n) is 3.79. The largest absolute Gasteiger partial charge is 0.530 e. The second-order valence-corrected chi connectivity index (χ2v) is 8.47. The van der Waals surface area contributed by atoms with Crippen LogP contribution in [-0.2, 0) is 13.1 Å². The van der Waals surface area contributed by atoms with Crippen LogP contribution in [0.1, 0.15) is 49.8 Å². The van der Waals surface area contributed by atoms with Crippen LogP contribution in [0.3, 0.4) is 0 Å². The van der Waals surface area contributed by atoms with E-state index in [1.165, 1.54) is 16.0 Å². The van der Waals surface area contributed by atoms with E-state index in [9.17, 15) is 9.90 Å². The van der Waals surface area contributed by atoms with Gasteiger partial charge in [0.2, 0.25) is 0 Å². The number of nitrogens with zero attached hydrogens (tertiary/aromatic N) is 2. The molecule has 1 amide bonds. The number of likely N-dealkylation sites (tertiary alicyclic amines) is 1. The van der Waals surface area contributed by atoms with Crippen LogP contribution in [0.4, 0.5) is 4.79 Å². The fraction of sp³-hybridized carbons (Fsp3) is 0.435. The Bertz CT molecular complexity index is 767. The lowest BCUT2D eigenvalue weighted by atomic mass is 9.96. The minimum atomic E-state index is -1.12. The van der Waals surface area contributed by atoms with Crippen LogP contribution < -0.4 is 5.11 Å². The molecule has 0 spiro atoms. The number of carboxylic acid groups (broad SMARTS) is 1. The Labute approximate surface area is 162 Å². The lowest BCUT2D eigenvalue weighted by Crippen LogP contribution is -2.50. The Morgan fingerprint density at radius 2 is 1.81 bits per heavy atom. The summed E-state index contributed by atoms with van der Waals surface area (Å²) in [5.41, 5.74) is 3.19. The van der Waals surface area contributed by atoms with Crippen molar-refractivity contribution >= 4 is 6.09 Å². The molecule has 1 heterocycles. The first kappa shape index (κ1) is 19.4. The molecule has 1 atom stereocenters. The molecule has 0 aliphatic carbocycles. The molecule has 1 aliphatic rings. The van der Waals surface area contributed by atoms with Crippen molar-refractivity contribution in [1.29, 1.82) is 0 Å². The second-order valence-electron chi connectivity index (χ2n) is 8.47. The highest BCUT2D eigenvalue weighted by Crippen LogP contribution is 2.29. The molecule has 4 heteroatoms. The summed E-state index contributed by atoms with van der Waals surface area (Å²) < 4.78 is 0. The van der Waals surface area contributed by atoms with Crippen LogP contribution in [0, 0.1) is 0 Å². The molecule has 3 rings (SSSR count). The first-order valence-corrected chi connectivity index (χ1v) is 9.66. The molecule has 2 aromatic carbocycles. The molecule has 0 bridgehead atoms. The SMILES string of the molecule is CC(C)(C)N(Cc1cccc(C2CCN(Cc3ccccc3)C2)c1)C(=O)[O-]. The highest BCUT2D eigenvalue weighted by Gasteiger charge is 2.25. The topological polar surface area (TPSA) is 46.6 Å². The van der Waals surface area contributed by atoms with Crippen LogP contribution in [0.2, 0.25) is 0 Å². The molecule has 144 valence electrons. The van der Waals surface area contributed by atoms with Crippen molar-refractivity contribution < 1.29 is 9.90 Å². The molecule has 1 fully saturated rings. The van der Waals surface area contributed by atoms with Gasteiger partial charge in [-0.2, -0.15) is 0 Å². The maximum Gasteiger partial charge on any atom is 0.137 e. The zero-order chi connectivity index (χ0) is 19.4. The molecule has 2 aromatic rings. The molecule has 0 saturated carbocycles. The Morgan fingerprint density at radius 3 is 2.48 bits per heavy atom. The summed E-state index contributed by atoms with van der Waals surface area (Å²) in [4.78, 5) is 15.4. The van der Waals surface area contributed by atoms with Gasteiger partial charge in [-0.05, 0) is 56.3 Å². The number of amides is 1. The van der Waals surface area contributed by atoms with Gasteiger partial charge in [0.05, 0.1) is 0 Å². The van der Waals surface area contributed by atoms with Gasteiger partial charge in [-0.15, -0.1) is 0 Å². The van der Waals surface area contributed by atoms with E-state index in [0.717, 1.165) is 31.6 Å². The maximum absolute atomic E-state index is 11.5. The predicted octanol–water partition coefficient (Wildman–Crippen LogP) is 3.62. The van der Waals surface area contributed by atoms with Crippen molar-refractivity contribution in [2.24, 2.45) is 0 Å². The molecule has 27 heavy (non-hydrogen) atoms. The molecular formula is C23H29N2O2-. The van der Waals surface area contributed by atoms with Crippen molar-refractivity contribution in [2.75, 3.05) is 13.1 Å². The van der Waals surface area contributed by atoms with Crippen molar-refractivity contribution in [3.05, 3.63) is 71.3 Å². The summed E-state index contributed by atoms with van der Waals surface area (Å²) >= 11 is 0. The Hall–Kier alpha value is -2.33. The summed E-state index contributed by atoms with van der Waals surface area (Å²) in [5, 5.41) is 11.5. The van der Waals surface area contributed by atoms with Gasteiger partial charge in [-0.3, -0.25) is 4.90 Å². The van der Waals surface area contributed by atoms with Gasteiger partial charge in [0.25, 0.3) is 0 Å². The highest BCUT2D eigenvalue weighted by molar-refractivity contribution is 5.63. The van der Waals surface area contributed by atoms with Gasteiger partial charge in [-0.1, -0.05) is 54.6 Å². The summed E-state index contributed by atoms with van der Waals surface area (Å²) in [6, 6.07) is 19.0. The number of carbonyl (C=O) groups excluding carboxylic acids is 1. The fourth-order valence-corrected chi connectivity index (χ4v) is 3.79. The normalized spacial score (nSPS) is 17.8. The number of hydrogen-bond donors (Lipinski definition) is 0. The third-order valence-electron chi connectivity index (χ3n) is 5.31.